The lowest BCUT2D eigenvalue weighted by atomic mass is 9.88. The van der Waals surface area contributed by atoms with Gasteiger partial charge in [0.2, 0.25) is 0 Å². The van der Waals surface area contributed by atoms with E-state index in [1.54, 1.807) is 6.07 Å². The molecule has 0 atom stereocenters. The fraction of sp³-hybridized carbons (Fsp3) is 0.250. The van der Waals surface area contributed by atoms with Crippen molar-refractivity contribution in [3.8, 4) is 11.6 Å². The average Bonchev–Trinajstić information content (AvgIpc) is 3.47. The summed E-state index contributed by atoms with van der Waals surface area (Å²) in [5.74, 6) is -1.39. The first-order valence-electron chi connectivity index (χ1n) is 8.97. The lowest BCUT2D eigenvalue weighted by molar-refractivity contribution is -0.137. The number of halogens is 4. The second-order valence-electron chi connectivity index (χ2n) is 7.12. The van der Waals surface area contributed by atoms with Crippen molar-refractivity contribution in [1.29, 1.82) is 0 Å². The number of rotatable bonds is 5. The molecule has 0 amide bonds. The summed E-state index contributed by atoms with van der Waals surface area (Å²) < 4.78 is 52.8. The number of aromatic amines is 1. The van der Waals surface area contributed by atoms with E-state index in [1.807, 2.05) is 0 Å². The normalized spacial score (nSPS) is 15.1. The molecule has 10 heteroatoms. The number of hydrogen-bond acceptors (Lipinski definition) is 5. The summed E-state index contributed by atoms with van der Waals surface area (Å²) in [6.45, 7) is 0. The molecule has 0 radical (unpaired) electrons. The Hall–Kier alpha value is -3.43. The summed E-state index contributed by atoms with van der Waals surface area (Å²) in [7, 11) is 0. The van der Waals surface area contributed by atoms with Crippen LogP contribution in [0, 0.1) is 5.82 Å². The van der Waals surface area contributed by atoms with Crippen LogP contribution in [0.4, 0.5) is 17.6 Å². The van der Waals surface area contributed by atoms with Crippen molar-refractivity contribution in [3.63, 3.8) is 0 Å². The maximum Gasteiger partial charge on any atom is 0.416 e. The maximum atomic E-state index is 14.4. The maximum absolute atomic E-state index is 14.4. The van der Waals surface area contributed by atoms with Crippen LogP contribution < -0.4 is 5.56 Å². The Morgan fingerprint density at radius 2 is 1.83 bits per heavy atom. The third kappa shape index (κ3) is 3.85. The molecule has 2 heterocycles. The molecule has 3 aromatic rings. The summed E-state index contributed by atoms with van der Waals surface area (Å²) >= 11 is 0. The molecule has 2 aromatic heterocycles. The molecule has 1 aliphatic rings. The first kappa shape index (κ1) is 19.9. The van der Waals surface area contributed by atoms with Crippen LogP contribution in [-0.2, 0) is 11.6 Å². The largest absolute Gasteiger partial charge is 0.416 e. The van der Waals surface area contributed by atoms with Gasteiger partial charge in [-0.2, -0.15) is 13.2 Å². The monoisotopic (exact) mass is 418 g/mol. The molecule has 4 rings (SSSR count). The second-order valence-corrected chi connectivity index (χ2v) is 7.12. The van der Waals surface area contributed by atoms with Gasteiger partial charge in [0.15, 0.2) is 17.4 Å². The summed E-state index contributed by atoms with van der Waals surface area (Å²) in [4.78, 5) is 39.2. The third-order valence-corrected chi connectivity index (χ3v) is 5.03. The first-order valence-corrected chi connectivity index (χ1v) is 8.97. The van der Waals surface area contributed by atoms with E-state index in [0.29, 0.717) is 18.9 Å². The van der Waals surface area contributed by atoms with Crippen LogP contribution in [0.5, 0.6) is 0 Å². The highest BCUT2D eigenvalue weighted by molar-refractivity contribution is 5.95. The molecule has 1 saturated carbocycles. The molecule has 1 fully saturated rings. The van der Waals surface area contributed by atoms with Gasteiger partial charge in [-0.3, -0.25) is 9.59 Å². The number of nitrogens with zero attached hydrogens (tertiary/aromatic N) is 3. The van der Waals surface area contributed by atoms with E-state index in [9.17, 15) is 27.2 Å². The molecule has 1 aliphatic carbocycles. The van der Waals surface area contributed by atoms with Crippen molar-refractivity contribution >= 4 is 5.78 Å². The lowest BCUT2D eigenvalue weighted by Crippen LogP contribution is -2.20. The van der Waals surface area contributed by atoms with E-state index in [-0.39, 0.29) is 29.3 Å². The van der Waals surface area contributed by atoms with Gasteiger partial charge in [0.25, 0.3) is 5.56 Å². The van der Waals surface area contributed by atoms with Crippen LogP contribution in [0.2, 0.25) is 0 Å². The minimum Gasteiger partial charge on any atom is -0.304 e. The zero-order valence-corrected chi connectivity index (χ0v) is 15.3. The van der Waals surface area contributed by atoms with Crippen molar-refractivity contribution in [3.05, 3.63) is 75.7 Å². The van der Waals surface area contributed by atoms with Gasteiger partial charge in [0.05, 0.1) is 5.56 Å². The molecule has 6 nitrogen and oxygen atoms in total. The Balaban J connectivity index is 1.62. The molecule has 154 valence electrons. The number of ketones is 1. The van der Waals surface area contributed by atoms with E-state index < -0.39 is 34.3 Å². The van der Waals surface area contributed by atoms with E-state index in [1.165, 1.54) is 12.4 Å². The zero-order valence-electron chi connectivity index (χ0n) is 15.3. The Morgan fingerprint density at radius 3 is 2.43 bits per heavy atom. The van der Waals surface area contributed by atoms with E-state index in [0.717, 1.165) is 18.2 Å². The average molecular weight is 418 g/mol. The Labute approximate surface area is 167 Å². The highest BCUT2D eigenvalue weighted by atomic mass is 19.4. The summed E-state index contributed by atoms with van der Waals surface area (Å²) in [6, 6.07) is 4.92. The topological polar surface area (TPSA) is 88.6 Å². The van der Waals surface area contributed by atoms with Crippen LogP contribution >= 0.6 is 0 Å². The van der Waals surface area contributed by atoms with Crippen molar-refractivity contribution in [2.24, 2.45) is 0 Å². The SMILES string of the molecule is O=C(CC1(c2ccc(C(F)(F)F)cc2F)CC1)c1cc(=O)[nH]c(-c2ncccn2)n1. The molecule has 1 N–H and O–H groups in total. The predicted molar refractivity (Wildman–Crippen MR) is 97.1 cm³/mol. The fourth-order valence-electron chi connectivity index (χ4n) is 3.34. The minimum atomic E-state index is -4.66. The summed E-state index contributed by atoms with van der Waals surface area (Å²) in [6.07, 6.45) is -1.05. The summed E-state index contributed by atoms with van der Waals surface area (Å²) in [5.41, 5.74) is -2.66. The van der Waals surface area contributed by atoms with Crippen molar-refractivity contribution < 1.29 is 22.4 Å². The minimum absolute atomic E-state index is 0.0111. The number of carbonyl (C=O) groups is 1. The van der Waals surface area contributed by atoms with Crippen molar-refractivity contribution in [1.82, 2.24) is 19.9 Å². The quantitative estimate of drug-likeness (QED) is 0.504. The molecular weight excluding hydrogens is 404 g/mol. The number of H-pyrrole nitrogens is 1. The smallest absolute Gasteiger partial charge is 0.304 e. The van der Waals surface area contributed by atoms with Crippen LogP contribution in [0.25, 0.3) is 11.6 Å². The van der Waals surface area contributed by atoms with Gasteiger partial charge in [0, 0.05) is 30.3 Å². The molecule has 1 aromatic carbocycles. The van der Waals surface area contributed by atoms with Gasteiger partial charge in [-0.15, -0.1) is 0 Å². The molecule has 0 aliphatic heterocycles. The first-order chi connectivity index (χ1) is 14.2. The summed E-state index contributed by atoms with van der Waals surface area (Å²) in [5, 5.41) is 0. The number of hydrogen-bond donors (Lipinski definition) is 1. The fourth-order valence-corrected chi connectivity index (χ4v) is 3.34. The third-order valence-electron chi connectivity index (χ3n) is 5.03. The van der Waals surface area contributed by atoms with Gasteiger partial charge < -0.3 is 4.98 Å². The van der Waals surface area contributed by atoms with E-state index in [2.05, 4.69) is 19.9 Å². The van der Waals surface area contributed by atoms with E-state index in [4.69, 9.17) is 0 Å². The van der Waals surface area contributed by atoms with Crippen LogP contribution in [0.1, 0.15) is 40.9 Å². The van der Waals surface area contributed by atoms with Gasteiger partial charge >= 0.3 is 6.18 Å². The molecule has 0 unspecified atom stereocenters. The number of nitrogens with one attached hydrogen (secondary N) is 1. The number of alkyl halides is 3. The van der Waals surface area contributed by atoms with Gasteiger partial charge in [-0.25, -0.2) is 19.3 Å². The number of benzene rings is 1. The van der Waals surface area contributed by atoms with Crippen LogP contribution in [0.3, 0.4) is 0 Å². The standard InChI is InChI=1S/C20H14F4N4O2/c21-13-8-11(20(22,23)24)2-3-12(13)19(4-5-19)10-15(29)14-9-16(30)28-18(27-14)17-25-6-1-7-26-17/h1-3,6-9H,4-5,10H2,(H,27,28,30). The van der Waals surface area contributed by atoms with Gasteiger partial charge in [0.1, 0.15) is 11.5 Å². The van der Waals surface area contributed by atoms with Crippen molar-refractivity contribution in [2.45, 2.75) is 30.9 Å². The van der Waals surface area contributed by atoms with Crippen molar-refractivity contribution in [2.75, 3.05) is 0 Å². The van der Waals surface area contributed by atoms with E-state index >= 15 is 0 Å². The Bertz CT molecular complexity index is 1170. The second kappa shape index (κ2) is 7.12. The molecule has 30 heavy (non-hydrogen) atoms. The van der Waals surface area contributed by atoms with Crippen LogP contribution in [-0.4, -0.2) is 25.7 Å². The highest BCUT2D eigenvalue weighted by Gasteiger charge is 2.48. The van der Waals surface area contributed by atoms with Crippen LogP contribution in [0.15, 0.2) is 47.5 Å². The molecular formula is C20H14F4N4O2. The molecule has 0 bridgehead atoms. The Morgan fingerprint density at radius 1 is 1.13 bits per heavy atom. The predicted octanol–water partition coefficient (Wildman–Crippen LogP) is 3.69. The zero-order chi connectivity index (χ0) is 21.5. The van der Waals surface area contributed by atoms with Gasteiger partial charge in [-0.05, 0) is 36.6 Å². The number of Topliss-reactive ketones (excluding diaryl/α,β-unsaturated/α-hetero) is 1. The molecule has 0 spiro atoms. The molecule has 0 saturated heterocycles. The number of aromatic nitrogens is 4. The highest BCUT2D eigenvalue weighted by Crippen LogP contribution is 2.52. The van der Waals surface area contributed by atoms with Gasteiger partial charge in [-0.1, -0.05) is 6.07 Å². The Kier molecular flexibility index (Phi) is 4.71. The number of carbonyl (C=O) groups excluding carboxylic acids is 1. The lowest BCUT2D eigenvalue weighted by Gasteiger charge is -2.17.